The van der Waals surface area contributed by atoms with Crippen molar-refractivity contribution in [2.75, 3.05) is 0 Å². The Morgan fingerprint density at radius 1 is 0.455 bits per heavy atom. The standard InChI is InChI=1S/C32H24.H3N/c1-4-12-23(13-5-1)22-30-28-19-11-10-18-27(28)29-21-20-26(24-14-6-2-7-15-24)31(32(29)30)25-16-8-3-9-17-25;/h1-21,30H,22H2;1H3. The van der Waals surface area contributed by atoms with Crippen LogP contribution in [0.25, 0.3) is 33.4 Å². The first kappa shape index (κ1) is 20.9. The predicted octanol–water partition coefficient (Wildman–Crippen LogP) is 8.54. The molecule has 0 bridgehead atoms. The van der Waals surface area contributed by atoms with Crippen LogP contribution in [0, 0.1) is 0 Å². The molecular formula is C32H27N. The molecular weight excluding hydrogens is 398 g/mol. The molecule has 0 radical (unpaired) electrons. The maximum atomic E-state index is 2.34. The zero-order valence-corrected chi connectivity index (χ0v) is 18.6. The number of benzene rings is 5. The largest absolute Gasteiger partial charge is 0.344 e. The summed E-state index contributed by atoms with van der Waals surface area (Å²) in [5, 5.41) is 0. The summed E-state index contributed by atoms with van der Waals surface area (Å²) < 4.78 is 0. The van der Waals surface area contributed by atoms with E-state index in [1.807, 2.05) is 0 Å². The molecule has 0 heterocycles. The smallest absolute Gasteiger partial charge is 0.0148 e. The van der Waals surface area contributed by atoms with Crippen LogP contribution in [0.2, 0.25) is 0 Å². The lowest BCUT2D eigenvalue weighted by Gasteiger charge is -2.21. The number of hydrogen-bond donors (Lipinski definition) is 1. The van der Waals surface area contributed by atoms with Crippen molar-refractivity contribution in [1.29, 1.82) is 0 Å². The third-order valence-corrected chi connectivity index (χ3v) is 6.65. The van der Waals surface area contributed by atoms with Crippen molar-refractivity contribution in [3.05, 3.63) is 144 Å². The van der Waals surface area contributed by atoms with E-state index in [2.05, 4.69) is 127 Å². The van der Waals surface area contributed by atoms with Gasteiger partial charge in [0.25, 0.3) is 0 Å². The lowest BCUT2D eigenvalue weighted by molar-refractivity contribution is 0.829. The second kappa shape index (κ2) is 8.90. The quantitative estimate of drug-likeness (QED) is 0.307. The molecule has 0 aliphatic heterocycles. The van der Waals surface area contributed by atoms with Crippen molar-refractivity contribution in [3.8, 4) is 33.4 Å². The Hall–Kier alpha value is -3.94. The zero-order valence-electron chi connectivity index (χ0n) is 18.6. The molecule has 1 aliphatic rings. The van der Waals surface area contributed by atoms with Crippen LogP contribution in [-0.4, -0.2) is 0 Å². The van der Waals surface area contributed by atoms with Gasteiger partial charge in [-0.3, -0.25) is 0 Å². The zero-order chi connectivity index (χ0) is 21.3. The molecule has 0 aromatic heterocycles. The van der Waals surface area contributed by atoms with E-state index in [-0.39, 0.29) is 6.15 Å². The van der Waals surface area contributed by atoms with E-state index in [4.69, 9.17) is 0 Å². The molecule has 0 amide bonds. The van der Waals surface area contributed by atoms with Crippen molar-refractivity contribution in [3.63, 3.8) is 0 Å². The molecule has 0 fully saturated rings. The molecule has 33 heavy (non-hydrogen) atoms. The van der Waals surface area contributed by atoms with E-state index >= 15 is 0 Å². The highest BCUT2D eigenvalue weighted by atomic mass is 14.4. The van der Waals surface area contributed by atoms with Gasteiger partial charge in [-0.05, 0) is 56.5 Å². The van der Waals surface area contributed by atoms with Crippen LogP contribution in [0.5, 0.6) is 0 Å². The summed E-state index contributed by atoms with van der Waals surface area (Å²) in [6.07, 6.45) is 1.00. The third kappa shape index (κ3) is 3.67. The molecule has 1 nitrogen and oxygen atoms in total. The average molecular weight is 426 g/mol. The van der Waals surface area contributed by atoms with Gasteiger partial charge in [0.05, 0.1) is 0 Å². The van der Waals surface area contributed by atoms with E-state index in [1.54, 1.807) is 0 Å². The SMILES string of the molecule is N.c1ccc(CC2c3ccccc3-c3ccc(-c4ccccc4)c(-c4ccccc4)c32)cc1. The highest BCUT2D eigenvalue weighted by Crippen LogP contribution is 2.52. The minimum atomic E-state index is 0. The molecule has 0 saturated carbocycles. The topological polar surface area (TPSA) is 35.0 Å². The van der Waals surface area contributed by atoms with Crippen LogP contribution in [0.15, 0.2) is 127 Å². The summed E-state index contributed by atoms with van der Waals surface area (Å²) in [5.41, 5.74) is 12.3. The van der Waals surface area contributed by atoms with Gasteiger partial charge in [-0.15, -0.1) is 0 Å². The fraction of sp³-hybridized carbons (Fsp3) is 0.0625. The Morgan fingerprint density at radius 3 is 1.70 bits per heavy atom. The summed E-state index contributed by atoms with van der Waals surface area (Å²) in [6.45, 7) is 0. The monoisotopic (exact) mass is 425 g/mol. The van der Waals surface area contributed by atoms with Crippen molar-refractivity contribution < 1.29 is 0 Å². The van der Waals surface area contributed by atoms with Crippen LogP contribution >= 0.6 is 0 Å². The molecule has 3 N–H and O–H groups in total. The summed E-state index contributed by atoms with van der Waals surface area (Å²) in [7, 11) is 0. The molecule has 5 aromatic rings. The summed E-state index contributed by atoms with van der Waals surface area (Å²) in [6, 6.07) is 46.2. The van der Waals surface area contributed by atoms with Crippen LogP contribution in [-0.2, 0) is 6.42 Å². The van der Waals surface area contributed by atoms with Gasteiger partial charge in [0.2, 0.25) is 0 Å². The molecule has 5 aromatic carbocycles. The van der Waals surface area contributed by atoms with Gasteiger partial charge < -0.3 is 6.15 Å². The van der Waals surface area contributed by atoms with Crippen molar-refractivity contribution in [1.82, 2.24) is 6.15 Å². The minimum Gasteiger partial charge on any atom is -0.344 e. The second-order valence-electron chi connectivity index (χ2n) is 8.51. The van der Waals surface area contributed by atoms with E-state index in [9.17, 15) is 0 Å². The van der Waals surface area contributed by atoms with Gasteiger partial charge in [-0.25, -0.2) is 0 Å². The molecule has 160 valence electrons. The Bertz CT molecular complexity index is 1370. The van der Waals surface area contributed by atoms with Gasteiger partial charge in [0.15, 0.2) is 0 Å². The Morgan fingerprint density at radius 2 is 1.00 bits per heavy atom. The predicted molar refractivity (Wildman–Crippen MR) is 140 cm³/mol. The summed E-state index contributed by atoms with van der Waals surface area (Å²) in [4.78, 5) is 0. The van der Waals surface area contributed by atoms with Crippen LogP contribution in [0.4, 0.5) is 0 Å². The number of fused-ring (bicyclic) bond motifs is 3. The number of hydrogen-bond acceptors (Lipinski definition) is 1. The van der Waals surface area contributed by atoms with Gasteiger partial charge in [-0.1, -0.05) is 127 Å². The fourth-order valence-corrected chi connectivity index (χ4v) is 5.25. The molecule has 1 atom stereocenters. The Kier molecular flexibility index (Phi) is 5.64. The molecule has 1 aliphatic carbocycles. The van der Waals surface area contributed by atoms with Gasteiger partial charge in [-0.2, -0.15) is 0 Å². The van der Waals surface area contributed by atoms with E-state index in [1.165, 1.54) is 50.1 Å². The van der Waals surface area contributed by atoms with E-state index in [0.717, 1.165) is 6.42 Å². The Labute approximate surface area is 196 Å². The maximum absolute atomic E-state index is 2.34. The lowest BCUT2D eigenvalue weighted by atomic mass is 9.82. The van der Waals surface area contributed by atoms with Gasteiger partial charge >= 0.3 is 0 Å². The minimum absolute atomic E-state index is 0. The van der Waals surface area contributed by atoms with Crippen LogP contribution in [0.3, 0.4) is 0 Å². The average Bonchev–Trinajstić information content (AvgIpc) is 3.19. The maximum Gasteiger partial charge on any atom is 0.0148 e. The highest BCUT2D eigenvalue weighted by molar-refractivity contribution is 5.94. The number of rotatable bonds is 4. The van der Waals surface area contributed by atoms with E-state index in [0.29, 0.717) is 5.92 Å². The first-order valence-electron chi connectivity index (χ1n) is 11.3. The molecule has 1 heteroatoms. The Balaban J connectivity index is 0.00000228. The van der Waals surface area contributed by atoms with Crippen molar-refractivity contribution >= 4 is 0 Å². The third-order valence-electron chi connectivity index (χ3n) is 6.65. The van der Waals surface area contributed by atoms with Crippen LogP contribution in [0.1, 0.15) is 22.6 Å². The summed E-state index contributed by atoms with van der Waals surface area (Å²) >= 11 is 0. The molecule has 0 spiro atoms. The van der Waals surface area contributed by atoms with E-state index < -0.39 is 0 Å². The highest BCUT2D eigenvalue weighted by Gasteiger charge is 2.32. The normalized spacial score (nSPS) is 13.6. The molecule has 0 saturated heterocycles. The fourth-order valence-electron chi connectivity index (χ4n) is 5.25. The van der Waals surface area contributed by atoms with Gasteiger partial charge in [0, 0.05) is 5.92 Å². The molecule has 1 unspecified atom stereocenters. The van der Waals surface area contributed by atoms with Crippen molar-refractivity contribution in [2.24, 2.45) is 0 Å². The molecule has 6 rings (SSSR count). The van der Waals surface area contributed by atoms with Crippen molar-refractivity contribution in [2.45, 2.75) is 12.3 Å². The van der Waals surface area contributed by atoms with Crippen LogP contribution < -0.4 is 6.15 Å². The van der Waals surface area contributed by atoms with Gasteiger partial charge in [0.1, 0.15) is 0 Å². The summed E-state index contributed by atoms with van der Waals surface area (Å²) in [5.74, 6) is 0.336. The first-order valence-corrected chi connectivity index (χ1v) is 11.3. The second-order valence-corrected chi connectivity index (χ2v) is 8.51. The lowest BCUT2D eigenvalue weighted by Crippen LogP contribution is -2.04. The first-order chi connectivity index (χ1) is 15.9.